The highest BCUT2D eigenvalue weighted by atomic mass is 35.5. The second-order valence-electron chi connectivity index (χ2n) is 5.67. The molecule has 1 heterocycles. The Morgan fingerprint density at radius 3 is 2.24 bits per heavy atom. The van der Waals surface area contributed by atoms with E-state index in [0.717, 1.165) is 16.8 Å². The van der Waals surface area contributed by atoms with Gasteiger partial charge in [-0.3, -0.25) is 0 Å². The molecule has 126 valence electrons. The fourth-order valence-electron chi connectivity index (χ4n) is 2.85. The lowest BCUT2D eigenvalue weighted by molar-refractivity contribution is 0.609. The summed E-state index contributed by atoms with van der Waals surface area (Å²) in [6.07, 6.45) is 1.76. The van der Waals surface area contributed by atoms with E-state index in [0.29, 0.717) is 17.3 Å². The van der Waals surface area contributed by atoms with E-state index in [9.17, 15) is 0 Å². The van der Waals surface area contributed by atoms with Gasteiger partial charge in [-0.15, -0.1) is 6.58 Å². The van der Waals surface area contributed by atoms with Crippen LogP contribution in [0.4, 0.5) is 11.4 Å². The number of hydrogen-bond donors (Lipinski definition) is 2. The zero-order valence-corrected chi connectivity index (χ0v) is 15.1. The van der Waals surface area contributed by atoms with Crippen molar-refractivity contribution in [1.82, 2.24) is 0 Å². The normalized spacial score (nSPS) is 14.3. The Morgan fingerprint density at radius 1 is 1.00 bits per heavy atom. The molecule has 0 unspecified atom stereocenters. The van der Waals surface area contributed by atoms with Crippen molar-refractivity contribution in [2.24, 2.45) is 4.74 Å². The smallest absolute Gasteiger partial charge is 0.327 e. The van der Waals surface area contributed by atoms with Crippen molar-refractivity contribution < 1.29 is 4.52 Å². The first kappa shape index (κ1) is 16.1. The molecule has 0 bridgehead atoms. The molecule has 1 aliphatic heterocycles. The maximum absolute atomic E-state index is 6.30. The van der Waals surface area contributed by atoms with Gasteiger partial charge in [0.25, 0.3) is 0 Å². The van der Waals surface area contributed by atoms with Crippen LogP contribution in [-0.4, -0.2) is 6.54 Å². The summed E-state index contributed by atoms with van der Waals surface area (Å²) in [5, 5.41) is 9.99. The van der Waals surface area contributed by atoms with Crippen molar-refractivity contribution in [3.63, 3.8) is 0 Å². The average Bonchev–Trinajstić information content (AvgIpc) is 2.62. The predicted octanol–water partition coefficient (Wildman–Crippen LogP) is 6.54. The van der Waals surface area contributed by atoms with Crippen LogP contribution in [0, 0.1) is 0 Å². The summed E-state index contributed by atoms with van der Waals surface area (Å²) in [7, 11) is -2.53. The van der Waals surface area contributed by atoms with Gasteiger partial charge in [0, 0.05) is 10.4 Å². The monoisotopic (exact) mass is 369 g/mol. The fourth-order valence-corrected chi connectivity index (χ4v) is 5.12. The Kier molecular flexibility index (Phi) is 4.16. The zero-order valence-electron chi connectivity index (χ0n) is 13.4. The van der Waals surface area contributed by atoms with E-state index in [1.165, 1.54) is 5.39 Å². The summed E-state index contributed by atoms with van der Waals surface area (Å²) in [5.41, 5.74) is 2.03. The molecule has 0 radical (unpaired) electrons. The van der Waals surface area contributed by atoms with Crippen molar-refractivity contribution in [3.8, 4) is 5.75 Å². The highest BCUT2D eigenvalue weighted by Gasteiger charge is 2.29. The Bertz CT molecular complexity index is 956. The van der Waals surface area contributed by atoms with Gasteiger partial charge in [0.2, 0.25) is 0 Å². The van der Waals surface area contributed by atoms with E-state index in [1.54, 1.807) is 18.2 Å². The van der Waals surface area contributed by atoms with E-state index in [4.69, 9.17) is 20.9 Å². The Labute approximate surface area is 151 Å². The van der Waals surface area contributed by atoms with E-state index in [2.05, 4.69) is 41.0 Å². The lowest BCUT2D eigenvalue weighted by atomic mass is 10.1. The number of rotatable bonds is 4. The van der Waals surface area contributed by atoms with Gasteiger partial charge < -0.3 is 14.7 Å². The molecule has 0 spiro atoms. The molecule has 2 N–H and O–H groups in total. The molecule has 4 rings (SSSR count). The second-order valence-corrected chi connectivity index (χ2v) is 8.17. The largest absolute Gasteiger partial charge is 0.428 e. The van der Waals surface area contributed by atoms with Gasteiger partial charge in [-0.2, -0.15) is 0 Å². The van der Waals surface area contributed by atoms with Crippen molar-refractivity contribution in [1.29, 1.82) is 0 Å². The third-order valence-electron chi connectivity index (χ3n) is 3.91. The number of halogens is 1. The third-order valence-corrected chi connectivity index (χ3v) is 6.29. The van der Waals surface area contributed by atoms with Crippen LogP contribution in [0.2, 0.25) is 5.02 Å². The van der Waals surface area contributed by atoms with Gasteiger partial charge in [0.15, 0.2) is 0 Å². The number of hydrogen-bond acceptors (Lipinski definition) is 2. The van der Waals surface area contributed by atoms with E-state index in [1.807, 2.05) is 24.3 Å². The molecule has 1 aliphatic rings. The van der Waals surface area contributed by atoms with Crippen LogP contribution >= 0.6 is 19.2 Å². The highest BCUT2D eigenvalue weighted by molar-refractivity contribution is 7.65. The van der Waals surface area contributed by atoms with E-state index in [-0.39, 0.29) is 0 Å². The minimum absolute atomic E-state index is 0.486. The van der Waals surface area contributed by atoms with Gasteiger partial charge in [-0.1, -0.05) is 41.9 Å². The Morgan fingerprint density at radius 2 is 1.64 bits per heavy atom. The molecule has 0 saturated carbocycles. The summed E-state index contributed by atoms with van der Waals surface area (Å²) < 4.78 is 11.1. The van der Waals surface area contributed by atoms with Crippen LogP contribution < -0.4 is 14.7 Å². The summed E-state index contributed by atoms with van der Waals surface area (Å²) in [5.74, 6) is 0.706. The van der Waals surface area contributed by atoms with Crippen molar-refractivity contribution in [3.05, 3.63) is 78.3 Å². The summed E-state index contributed by atoms with van der Waals surface area (Å²) >= 11 is 5.98. The number of nitrogens with one attached hydrogen (secondary N) is 2. The van der Waals surface area contributed by atoms with Crippen LogP contribution in [0.5, 0.6) is 5.75 Å². The number of nitrogens with zero attached hydrogens (tertiary/aromatic N) is 1. The second kappa shape index (κ2) is 6.47. The molecule has 4 nitrogen and oxygen atoms in total. The van der Waals surface area contributed by atoms with Crippen molar-refractivity contribution >= 4 is 41.3 Å². The number of benzene rings is 3. The van der Waals surface area contributed by atoms with Crippen LogP contribution in [0.3, 0.4) is 0 Å². The van der Waals surface area contributed by atoms with Gasteiger partial charge in [-0.05, 0) is 41.8 Å². The fraction of sp³-hybridized carbons (Fsp3) is 0.0526. The molecule has 0 atom stereocenters. The molecule has 0 fully saturated rings. The lowest BCUT2D eigenvalue weighted by Gasteiger charge is -2.33. The standard InChI is InChI=1S/C19H17ClN3OP/c1-2-13-21-25(24-16-11-9-15(20)10-12-16)22-17-7-3-5-14-6-4-8-18(23-25)19(14)17/h2-12,22-23H,1,13H2. The number of anilines is 2. The minimum Gasteiger partial charge on any atom is -0.428 e. The Hall–Kier alpha value is -2.42. The third kappa shape index (κ3) is 3.11. The topological polar surface area (TPSA) is 45.6 Å². The summed E-state index contributed by atoms with van der Waals surface area (Å²) in [4.78, 5) is 0. The molecule has 0 saturated heterocycles. The molecule has 0 aliphatic carbocycles. The zero-order chi connectivity index (χ0) is 17.3. The molecular formula is C19H17ClN3OP. The average molecular weight is 370 g/mol. The van der Waals surface area contributed by atoms with Crippen molar-refractivity contribution in [2.75, 3.05) is 16.7 Å². The Balaban J connectivity index is 1.81. The van der Waals surface area contributed by atoms with E-state index < -0.39 is 7.58 Å². The lowest BCUT2D eigenvalue weighted by Crippen LogP contribution is -2.17. The molecule has 3 aromatic carbocycles. The van der Waals surface area contributed by atoms with Gasteiger partial charge >= 0.3 is 7.58 Å². The maximum Gasteiger partial charge on any atom is 0.327 e. The quantitative estimate of drug-likeness (QED) is 0.405. The first-order chi connectivity index (χ1) is 12.2. The molecular weight excluding hydrogens is 353 g/mol. The molecule has 0 aromatic heterocycles. The molecule has 6 heteroatoms. The molecule has 25 heavy (non-hydrogen) atoms. The maximum atomic E-state index is 6.30. The SMILES string of the molecule is C=CCN=P1(Oc2ccc(Cl)cc2)Nc2cccc3cccc(c23)N1. The highest BCUT2D eigenvalue weighted by Crippen LogP contribution is 2.56. The molecule has 3 aromatic rings. The first-order valence-electron chi connectivity index (χ1n) is 7.92. The summed E-state index contributed by atoms with van der Waals surface area (Å²) in [6.45, 7) is 4.26. The van der Waals surface area contributed by atoms with E-state index >= 15 is 0 Å². The summed E-state index contributed by atoms with van der Waals surface area (Å²) in [6, 6.07) is 19.7. The van der Waals surface area contributed by atoms with Crippen LogP contribution in [0.15, 0.2) is 78.1 Å². The predicted molar refractivity (Wildman–Crippen MR) is 108 cm³/mol. The van der Waals surface area contributed by atoms with Crippen LogP contribution in [-0.2, 0) is 0 Å². The van der Waals surface area contributed by atoms with Crippen molar-refractivity contribution in [2.45, 2.75) is 0 Å². The minimum atomic E-state index is -2.53. The molecule has 0 amide bonds. The first-order valence-corrected chi connectivity index (χ1v) is 9.95. The van der Waals surface area contributed by atoms with Crippen LogP contribution in [0.25, 0.3) is 10.8 Å². The van der Waals surface area contributed by atoms with Gasteiger partial charge in [0.05, 0.1) is 17.9 Å². The van der Waals surface area contributed by atoms with Gasteiger partial charge in [0.1, 0.15) is 5.75 Å². The van der Waals surface area contributed by atoms with Gasteiger partial charge in [-0.25, -0.2) is 4.74 Å². The van der Waals surface area contributed by atoms with Crippen LogP contribution in [0.1, 0.15) is 0 Å².